The third-order valence-electron chi connectivity index (χ3n) is 3.64. The fourth-order valence-electron chi connectivity index (χ4n) is 2.34. The van der Waals surface area contributed by atoms with Gasteiger partial charge in [-0.05, 0) is 50.2 Å². The van der Waals surface area contributed by atoms with Gasteiger partial charge in [-0.3, -0.25) is 4.79 Å². The summed E-state index contributed by atoms with van der Waals surface area (Å²) in [4.78, 5) is 12.7. The first kappa shape index (κ1) is 17.3. The Labute approximate surface area is 154 Å². The third-order valence-corrected chi connectivity index (χ3v) is 4.22. The molecule has 0 atom stereocenters. The van der Waals surface area contributed by atoms with Gasteiger partial charge in [0.15, 0.2) is 0 Å². The zero-order valence-corrected chi connectivity index (χ0v) is 15.1. The highest BCUT2D eigenvalue weighted by Crippen LogP contribution is 2.27. The molecule has 0 aliphatic rings. The van der Waals surface area contributed by atoms with Crippen molar-refractivity contribution >= 4 is 40.5 Å². The van der Waals surface area contributed by atoms with Crippen LogP contribution in [0, 0.1) is 13.8 Å². The Kier molecular flexibility index (Phi) is 4.97. The van der Waals surface area contributed by atoms with Crippen LogP contribution in [-0.4, -0.2) is 15.7 Å². The summed E-state index contributed by atoms with van der Waals surface area (Å²) in [5, 5.41) is 13.7. The number of azo groups is 1. The third kappa shape index (κ3) is 3.62. The van der Waals surface area contributed by atoms with Crippen molar-refractivity contribution in [2.45, 2.75) is 13.8 Å². The van der Waals surface area contributed by atoms with Gasteiger partial charge in [0, 0.05) is 5.02 Å². The minimum atomic E-state index is -0.306. The molecule has 0 N–H and O–H groups in total. The molecule has 0 saturated heterocycles. The second-order valence-electron chi connectivity index (χ2n) is 5.39. The maximum Gasteiger partial charge on any atom is 0.279 e. The van der Waals surface area contributed by atoms with Crippen molar-refractivity contribution in [1.82, 2.24) is 9.78 Å². The number of aryl methyl sites for hydroxylation is 1. The van der Waals surface area contributed by atoms with Crippen LogP contribution in [0.3, 0.4) is 0 Å². The van der Waals surface area contributed by atoms with Gasteiger partial charge >= 0.3 is 0 Å². The molecule has 0 spiro atoms. The Morgan fingerprint density at radius 1 is 1.00 bits per heavy atom. The summed E-state index contributed by atoms with van der Waals surface area (Å²) in [5.41, 5.74) is 2.80. The van der Waals surface area contributed by atoms with Crippen LogP contribution in [0.1, 0.15) is 21.7 Å². The number of benzene rings is 2. The SMILES string of the molecule is Cc1nn(C(=O)c2ccccc2Cl)c(C)c1N=Nc1ccc(Cl)cc1. The van der Waals surface area contributed by atoms with Crippen molar-refractivity contribution in [3.63, 3.8) is 0 Å². The quantitative estimate of drug-likeness (QED) is 0.536. The number of aromatic nitrogens is 2. The van der Waals surface area contributed by atoms with E-state index in [1.54, 1.807) is 62.4 Å². The van der Waals surface area contributed by atoms with Crippen LogP contribution in [0.15, 0.2) is 58.8 Å². The lowest BCUT2D eigenvalue weighted by Crippen LogP contribution is -2.15. The summed E-state index contributed by atoms with van der Waals surface area (Å²) in [6.07, 6.45) is 0. The van der Waals surface area contributed by atoms with Crippen molar-refractivity contribution in [3.8, 4) is 0 Å². The van der Waals surface area contributed by atoms with Gasteiger partial charge in [0.05, 0.1) is 27.7 Å². The molecule has 0 bridgehead atoms. The zero-order valence-electron chi connectivity index (χ0n) is 13.6. The molecule has 1 aromatic heterocycles. The van der Waals surface area contributed by atoms with E-state index in [4.69, 9.17) is 23.2 Å². The van der Waals surface area contributed by atoms with Crippen LogP contribution in [0.4, 0.5) is 11.4 Å². The molecule has 0 fully saturated rings. The minimum absolute atomic E-state index is 0.306. The molecule has 5 nitrogen and oxygen atoms in total. The fraction of sp³-hybridized carbons (Fsp3) is 0.111. The molecule has 7 heteroatoms. The predicted octanol–water partition coefficient (Wildman–Crippen LogP) is 5.91. The van der Waals surface area contributed by atoms with E-state index in [1.807, 2.05) is 0 Å². The van der Waals surface area contributed by atoms with Crippen molar-refractivity contribution in [3.05, 3.63) is 75.5 Å². The highest BCUT2D eigenvalue weighted by Gasteiger charge is 2.19. The zero-order chi connectivity index (χ0) is 18.0. The van der Waals surface area contributed by atoms with Gasteiger partial charge in [-0.1, -0.05) is 35.3 Å². The van der Waals surface area contributed by atoms with Crippen LogP contribution in [-0.2, 0) is 0 Å². The molecular formula is C18H14Cl2N4O. The first-order chi connectivity index (χ1) is 12.0. The Morgan fingerprint density at radius 2 is 1.68 bits per heavy atom. The van der Waals surface area contributed by atoms with E-state index >= 15 is 0 Å². The lowest BCUT2D eigenvalue weighted by molar-refractivity contribution is 0.0942. The lowest BCUT2D eigenvalue weighted by Gasteiger charge is -2.04. The Morgan fingerprint density at radius 3 is 2.36 bits per heavy atom. The van der Waals surface area contributed by atoms with E-state index in [-0.39, 0.29) is 5.91 Å². The van der Waals surface area contributed by atoms with Crippen LogP contribution in [0.25, 0.3) is 0 Å². The van der Waals surface area contributed by atoms with Crippen molar-refractivity contribution in [2.24, 2.45) is 10.2 Å². The largest absolute Gasteiger partial charge is 0.279 e. The Hall–Kier alpha value is -2.50. The highest BCUT2D eigenvalue weighted by atomic mass is 35.5. The standard InChI is InChI=1S/C18H14Cl2N4O/c1-11-17(22-21-14-9-7-13(19)8-10-14)12(2)24(23-11)18(25)15-5-3-4-6-16(15)20/h3-10H,1-2H3. The molecule has 0 radical (unpaired) electrons. The van der Waals surface area contributed by atoms with Gasteiger partial charge in [-0.2, -0.15) is 14.9 Å². The summed E-state index contributed by atoms with van der Waals surface area (Å²) in [6, 6.07) is 13.8. The second-order valence-corrected chi connectivity index (χ2v) is 6.24. The topological polar surface area (TPSA) is 59.6 Å². The molecule has 0 amide bonds. The van der Waals surface area contributed by atoms with E-state index in [2.05, 4.69) is 15.3 Å². The molecule has 1 heterocycles. The monoisotopic (exact) mass is 372 g/mol. The van der Waals surface area contributed by atoms with Crippen LogP contribution in [0.5, 0.6) is 0 Å². The number of nitrogens with zero attached hydrogens (tertiary/aromatic N) is 4. The average molecular weight is 373 g/mol. The Bertz CT molecular complexity index is 962. The van der Waals surface area contributed by atoms with Crippen molar-refractivity contribution in [1.29, 1.82) is 0 Å². The number of carbonyl (C=O) groups excluding carboxylic acids is 1. The molecule has 0 saturated carbocycles. The molecule has 126 valence electrons. The molecular weight excluding hydrogens is 359 g/mol. The lowest BCUT2D eigenvalue weighted by atomic mass is 10.2. The van der Waals surface area contributed by atoms with E-state index in [0.29, 0.717) is 38.4 Å². The first-order valence-corrected chi connectivity index (χ1v) is 8.25. The number of rotatable bonds is 3. The smallest absolute Gasteiger partial charge is 0.267 e. The summed E-state index contributed by atoms with van der Waals surface area (Å²) >= 11 is 12.0. The number of hydrogen-bond donors (Lipinski definition) is 0. The highest BCUT2D eigenvalue weighted by molar-refractivity contribution is 6.33. The maximum absolute atomic E-state index is 12.7. The van der Waals surface area contributed by atoms with Crippen LogP contribution >= 0.6 is 23.2 Å². The van der Waals surface area contributed by atoms with E-state index in [9.17, 15) is 4.79 Å². The van der Waals surface area contributed by atoms with Gasteiger partial charge < -0.3 is 0 Å². The van der Waals surface area contributed by atoms with Crippen LogP contribution in [0.2, 0.25) is 10.0 Å². The first-order valence-electron chi connectivity index (χ1n) is 7.50. The summed E-state index contributed by atoms with van der Waals surface area (Å²) in [6.45, 7) is 3.55. The molecule has 25 heavy (non-hydrogen) atoms. The van der Waals surface area contributed by atoms with Gasteiger partial charge in [0.1, 0.15) is 5.69 Å². The van der Waals surface area contributed by atoms with E-state index in [1.165, 1.54) is 4.68 Å². The van der Waals surface area contributed by atoms with Gasteiger partial charge in [-0.15, -0.1) is 5.11 Å². The van der Waals surface area contributed by atoms with Crippen molar-refractivity contribution in [2.75, 3.05) is 0 Å². The number of hydrogen-bond acceptors (Lipinski definition) is 4. The van der Waals surface area contributed by atoms with Crippen molar-refractivity contribution < 1.29 is 4.79 Å². The Balaban J connectivity index is 1.95. The van der Waals surface area contributed by atoms with Gasteiger partial charge in [0.2, 0.25) is 0 Å². The maximum atomic E-state index is 12.7. The van der Waals surface area contributed by atoms with Gasteiger partial charge in [0.25, 0.3) is 5.91 Å². The molecule has 0 unspecified atom stereocenters. The molecule has 0 aliphatic heterocycles. The van der Waals surface area contributed by atoms with Gasteiger partial charge in [-0.25, -0.2) is 0 Å². The van der Waals surface area contributed by atoms with E-state index in [0.717, 1.165) is 0 Å². The molecule has 3 rings (SSSR count). The average Bonchev–Trinajstić information content (AvgIpc) is 2.89. The molecule has 0 aliphatic carbocycles. The summed E-state index contributed by atoms with van der Waals surface area (Å²) in [5.74, 6) is -0.306. The molecule has 2 aromatic carbocycles. The number of halogens is 2. The number of carbonyl (C=O) groups is 1. The molecule has 3 aromatic rings. The predicted molar refractivity (Wildman–Crippen MR) is 98.5 cm³/mol. The van der Waals surface area contributed by atoms with E-state index < -0.39 is 0 Å². The second kappa shape index (κ2) is 7.17. The summed E-state index contributed by atoms with van der Waals surface area (Å²) in [7, 11) is 0. The minimum Gasteiger partial charge on any atom is -0.267 e. The van der Waals surface area contributed by atoms with Crippen LogP contribution < -0.4 is 0 Å². The normalized spacial score (nSPS) is 11.2. The fourth-order valence-corrected chi connectivity index (χ4v) is 2.68. The summed E-state index contributed by atoms with van der Waals surface area (Å²) < 4.78 is 1.30.